The third-order valence-corrected chi connectivity index (χ3v) is 3.62. The van der Waals surface area contributed by atoms with Crippen LogP contribution >= 0.6 is 12.4 Å². The summed E-state index contributed by atoms with van der Waals surface area (Å²) in [6.45, 7) is 3.17. The maximum absolute atomic E-state index is 12.0. The molecule has 130 valence electrons. The van der Waals surface area contributed by atoms with Gasteiger partial charge in [-0.05, 0) is 30.5 Å². The van der Waals surface area contributed by atoms with Gasteiger partial charge in [0.05, 0.1) is 6.61 Å². The fraction of sp³-hybridized carbons (Fsp3) is 0.316. The normalized spacial score (nSPS) is 11.2. The van der Waals surface area contributed by atoms with Crippen LogP contribution in [0.5, 0.6) is 5.75 Å². The van der Waals surface area contributed by atoms with Crippen molar-refractivity contribution < 1.29 is 9.53 Å². The lowest BCUT2D eigenvalue weighted by Gasteiger charge is -2.13. The summed E-state index contributed by atoms with van der Waals surface area (Å²) in [7, 11) is 0. The van der Waals surface area contributed by atoms with Gasteiger partial charge in [0.25, 0.3) is 0 Å². The van der Waals surface area contributed by atoms with Gasteiger partial charge < -0.3 is 15.8 Å². The quantitative estimate of drug-likeness (QED) is 0.769. The molecule has 0 saturated heterocycles. The third kappa shape index (κ3) is 6.22. The fourth-order valence-electron chi connectivity index (χ4n) is 2.43. The molecule has 0 spiro atoms. The Morgan fingerprint density at radius 1 is 1.12 bits per heavy atom. The fourth-order valence-corrected chi connectivity index (χ4v) is 2.43. The number of nitrogens with one attached hydrogen (secondary N) is 1. The molecule has 0 fully saturated rings. The highest BCUT2D eigenvalue weighted by molar-refractivity contribution is 5.85. The van der Waals surface area contributed by atoms with Crippen molar-refractivity contribution in [3.8, 4) is 5.75 Å². The molecule has 0 saturated carbocycles. The number of nitrogens with two attached hydrogens (primary N) is 1. The molecule has 4 nitrogen and oxygen atoms in total. The summed E-state index contributed by atoms with van der Waals surface area (Å²) >= 11 is 0. The zero-order valence-corrected chi connectivity index (χ0v) is 14.7. The van der Waals surface area contributed by atoms with E-state index in [1.807, 2.05) is 61.5 Å². The van der Waals surface area contributed by atoms with E-state index in [0.717, 1.165) is 23.3 Å². The molecule has 0 aliphatic carbocycles. The summed E-state index contributed by atoms with van der Waals surface area (Å²) in [5, 5.41) is 2.93. The van der Waals surface area contributed by atoms with Gasteiger partial charge in [-0.25, -0.2) is 0 Å². The largest absolute Gasteiger partial charge is 0.494 e. The van der Waals surface area contributed by atoms with Gasteiger partial charge in [0, 0.05) is 19.0 Å². The van der Waals surface area contributed by atoms with Crippen LogP contribution in [0.1, 0.15) is 30.5 Å². The highest BCUT2D eigenvalue weighted by Crippen LogP contribution is 2.18. The van der Waals surface area contributed by atoms with Crippen molar-refractivity contribution >= 4 is 18.3 Å². The van der Waals surface area contributed by atoms with Gasteiger partial charge in [-0.2, -0.15) is 0 Å². The van der Waals surface area contributed by atoms with Crippen LogP contribution in [0.15, 0.2) is 54.6 Å². The molecule has 1 amide bonds. The molecule has 0 aliphatic heterocycles. The number of carbonyl (C=O) groups excluding carboxylic acids is 1. The lowest BCUT2D eigenvalue weighted by molar-refractivity contribution is -0.121. The molecule has 24 heavy (non-hydrogen) atoms. The summed E-state index contributed by atoms with van der Waals surface area (Å²) in [5.41, 5.74) is 8.14. The predicted octanol–water partition coefficient (Wildman–Crippen LogP) is 3.26. The van der Waals surface area contributed by atoms with Crippen LogP contribution in [-0.2, 0) is 11.2 Å². The predicted molar refractivity (Wildman–Crippen MR) is 99.6 cm³/mol. The van der Waals surface area contributed by atoms with Gasteiger partial charge >= 0.3 is 0 Å². The number of hydrogen-bond acceptors (Lipinski definition) is 3. The lowest BCUT2D eigenvalue weighted by atomic mass is 10.0. The number of para-hydroxylation sites is 1. The maximum Gasteiger partial charge on any atom is 0.221 e. The SMILES string of the molecule is CCOc1ccccc1CCNC(=O)CC(N)c1ccccc1.Cl. The van der Waals surface area contributed by atoms with E-state index in [0.29, 0.717) is 13.2 Å². The van der Waals surface area contributed by atoms with Crippen LogP contribution < -0.4 is 15.8 Å². The van der Waals surface area contributed by atoms with E-state index in [2.05, 4.69) is 5.32 Å². The third-order valence-electron chi connectivity index (χ3n) is 3.62. The van der Waals surface area contributed by atoms with E-state index in [4.69, 9.17) is 10.5 Å². The maximum atomic E-state index is 12.0. The van der Waals surface area contributed by atoms with Gasteiger partial charge in [-0.15, -0.1) is 12.4 Å². The van der Waals surface area contributed by atoms with E-state index < -0.39 is 0 Å². The molecule has 0 aromatic heterocycles. The molecule has 1 unspecified atom stereocenters. The molecule has 5 heteroatoms. The molecule has 3 N–H and O–H groups in total. The Kier molecular flexibility index (Phi) is 8.90. The van der Waals surface area contributed by atoms with Gasteiger partial charge in [0.1, 0.15) is 5.75 Å². The zero-order chi connectivity index (χ0) is 16.5. The molecule has 1 atom stereocenters. The minimum absolute atomic E-state index is 0. The molecule has 0 bridgehead atoms. The summed E-state index contributed by atoms with van der Waals surface area (Å²) in [6.07, 6.45) is 1.03. The van der Waals surface area contributed by atoms with Crippen molar-refractivity contribution in [1.82, 2.24) is 5.32 Å². The number of benzene rings is 2. The van der Waals surface area contributed by atoms with Gasteiger partial charge in [-0.1, -0.05) is 48.5 Å². The molecule has 2 aromatic carbocycles. The molecule has 0 heterocycles. The highest BCUT2D eigenvalue weighted by Gasteiger charge is 2.11. The van der Waals surface area contributed by atoms with Crippen molar-refractivity contribution in [3.05, 3.63) is 65.7 Å². The molecule has 0 aliphatic rings. The van der Waals surface area contributed by atoms with Crippen molar-refractivity contribution in [2.75, 3.05) is 13.2 Å². The molecular weight excluding hydrogens is 324 g/mol. The second-order valence-corrected chi connectivity index (χ2v) is 5.36. The Balaban J connectivity index is 0.00000288. The Morgan fingerprint density at radius 2 is 1.79 bits per heavy atom. The van der Waals surface area contributed by atoms with Gasteiger partial charge in [0.2, 0.25) is 5.91 Å². The molecule has 2 rings (SSSR count). The molecule has 2 aromatic rings. The van der Waals surface area contributed by atoms with E-state index in [9.17, 15) is 4.79 Å². The van der Waals surface area contributed by atoms with Gasteiger partial charge in [-0.3, -0.25) is 4.79 Å². The van der Waals surface area contributed by atoms with Crippen LogP contribution in [-0.4, -0.2) is 19.1 Å². The first kappa shape index (κ1) is 20.0. The first-order valence-corrected chi connectivity index (χ1v) is 7.98. The van der Waals surface area contributed by atoms with E-state index in [1.165, 1.54) is 0 Å². The number of halogens is 1. The first-order chi connectivity index (χ1) is 11.2. The standard InChI is InChI=1S/C19H24N2O2.ClH/c1-2-23-18-11-7-6-10-16(18)12-13-21-19(22)14-17(20)15-8-4-3-5-9-15;/h3-11,17H,2,12-14,20H2,1H3,(H,21,22);1H. The van der Waals surface area contributed by atoms with Crippen molar-refractivity contribution in [2.24, 2.45) is 5.73 Å². The lowest BCUT2D eigenvalue weighted by Crippen LogP contribution is -2.29. The van der Waals surface area contributed by atoms with Crippen LogP contribution in [0, 0.1) is 0 Å². The Hall–Kier alpha value is -2.04. The summed E-state index contributed by atoms with van der Waals surface area (Å²) in [5.74, 6) is 0.848. The smallest absolute Gasteiger partial charge is 0.221 e. The number of amides is 1. The van der Waals surface area contributed by atoms with Gasteiger partial charge in [0.15, 0.2) is 0 Å². The Morgan fingerprint density at radius 3 is 2.50 bits per heavy atom. The van der Waals surface area contributed by atoms with Crippen molar-refractivity contribution in [3.63, 3.8) is 0 Å². The minimum atomic E-state index is -0.271. The molecular formula is C19H25ClN2O2. The average Bonchev–Trinajstić information content (AvgIpc) is 2.57. The molecule has 0 radical (unpaired) electrons. The van der Waals surface area contributed by atoms with E-state index in [-0.39, 0.29) is 30.8 Å². The highest BCUT2D eigenvalue weighted by atomic mass is 35.5. The summed E-state index contributed by atoms with van der Waals surface area (Å²) in [6, 6.07) is 17.3. The Labute approximate surface area is 149 Å². The van der Waals surface area contributed by atoms with Crippen LogP contribution in [0.25, 0.3) is 0 Å². The zero-order valence-electron chi connectivity index (χ0n) is 13.9. The number of hydrogen-bond donors (Lipinski definition) is 2. The second kappa shape index (κ2) is 10.7. The second-order valence-electron chi connectivity index (χ2n) is 5.36. The topological polar surface area (TPSA) is 64.3 Å². The summed E-state index contributed by atoms with van der Waals surface area (Å²) < 4.78 is 5.58. The first-order valence-electron chi connectivity index (χ1n) is 7.98. The van der Waals surface area contributed by atoms with Crippen LogP contribution in [0.4, 0.5) is 0 Å². The Bertz CT molecular complexity index is 620. The van der Waals surface area contributed by atoms with Crippen LogP contribution in [0.2, 0.25) is 0 Å². The minimum Gasteiger partial charge on any atom is -0.494 e. The number of carbonyl (C=O) groups is 1. The summed E-state index contributed by atoms with van der Waals surface area (Å²) in [4.78, 5) is 12.0. The van der Waals surface area contributed by atoms with Crippen molar-refractivity contribution in [2.45, 2.75) is 25.8 Å². The van der Waals surface area contributed by atoms with E-state index in [1.54, 1.807) is 0 Å². The monoisotopic (exact) mass is 348 g/mol. The van der Waals surface area contributed by atoms with Crippen molar-refractivity contribution in [1.29, 1.82) is 0 Å². The number of rotatable bonds is 8. The van der Waals surface area contributed by atoms with E-state index >= 15 is 0 Å². The number of ether oxygens (including phenoxy) is 1. The average molecular weight is 349 g/mol. The van der Waals surface area contributed by atoms with Crippen LogP contribution in [0.3, 0.4) is 0 Å².